The number of aromatic nitrogens is 3. The zero-order valence-corrected chi connectivity index (χ0v) is 15.3. The predicted molar refractivity (Wildman–Crippen MR) is 96.5 cm³/mol. The monoisotopic (exact) mass is 400 g/mol. The Morgan fingerprint density at radius 1 is 1.32 bits per heavy atom. The summed E-state index contributed by atoms with van der Waals surface area (Å²) in [4.78, 5) is 19.2. The van der Waals surface area contributed by atoms with E-state index in [1.54, 1.807) is 23.0 Å². The molecule has 7 heteroatoms. The maximum Gasteiger partial charge on any atom is 0.259 e. The quantitative estimate of drug-likeness (QED) is 0.663. The Kier molecular flexibility index (Phi) is 4.27. The van der Waals surface area contributed by atoms with E-state index in [1.807, 2.05) is 36.1 Å². The molecule has 0 bridgehead atoms. The molecule has 1 amide bonds. The molecule has 0 spiro atoms. The molecule has 25 heavy (non-hydrogen) atoms. The van der Waals surface area contributed by atoms with Crippen LogP contribution in [0.15, 0.2) is 47.2 Å². The van der Waals surface area contributed by atoms with Gasteiger partial charge in [0.25, 0.3) is 5.91 Å². The second kappa shape index (κ2) is 6.57. The van der Waals surface area contributed by atoms with Crippen LogP contribution in [-0.4, -0.2) is 45.1 Å². The Hall–Kier alpha value is -2.25. The van der Waals surface area contributed by atoms with Crippen molar-refractivity contribution in [2.24, 2.45) is 0 Å². The van der Waals surface area contributed by atoms with Crippen molar-refractivity contribution in [1.29, 1.82) is 0 Å². The van der Waals surface area contributed by atoms with Gasteiger partial charge in [-0.15, -0.1) is 0 Å². The molecule has 4 rings (SSSR count). The van der Waals surface area contributed by atoms with Gasteiger partial charge in [-0.1, -0.05) is 28.1 Å². The normalized spacial score (nSPS) is 17.8. The number of aryl methyl sites for hydroxylation is 1. The first-order valence-corrected chi connectivity index (χ1v) is 8.89. The van der Waals surface area contributed by atoms with Crippen LogP contribution >= 0.6 is 15.9 Å². The van der Waals surface area contributed by atoms with E-state index in [0.29, 0.717) is 36.6 Å². The largest absolute Gasteiger partial charge is 0.370 e. The second-order valence-electron chi connectivity index (χ2n) is 6.01. The van der Waals surface area contributed by atoms with Crippen LogP contribution in [0.1, 0.15) is 27.7 Å². The van der Waals surface area contributed by atoms with Crippen LogP contribution in [0.25, 0.3) is 5.65 Å². The third kappa shape index (κ3) is 3.05. The maximum atomic E-state index is 13.1. The molecule has 0 saturated carbocycles. The Morgan fingerprint density at radius 3 is 2.92 bits per heavy atom. The summed E-state index contributed by atoms with van der Waals surface area (Å²) in [6.45, 7) is 3.44. The highest BCUT2D eigenvalue weighted by Crippen LogP contribution is 2.26. The SMILES string of the molecule is Cc1nn2cccnc2c1C(=O)N1CCOC(c2ccc(Br)cc2)C1. The number of morpholine rings is 1. The summed E-state index contributed by atoms with van der Waals surface area (Å²) in [6.07, 6.45) is 3.36. The number of fused-ring (bicyclic) bond motifs is 1. The Morgan fingerprint density at radius 2 is 2.12 bits per heavy atom. The molecule has 1 aliphatic heterocycles. The molecule has 1 fully saturated rings. The van der Waals surface area contributed by atoms with Crippen molar-refractivity contribution in [2.75, 3.05) is 19.7 Å². The first-order chi connectivity index (χ1) is 12.1. The molecule has 6 nitrogen and oxygen atoms in total. The van der Waals surface area contributed by atoms with E-state index in [-0.39, 0.29) is 12.0 Å². The van der Waals surface area contributed by atoms with Crippen molar-refractivity contribution in [3.63, 3.8) is 0 Å². The second-order valence-corrected chi connectivity index (χ2v) is 6.93. The summed E-state index contributed by atoms with van der Waals surface area (Å²) < 4.78 is 8.54. The number of carbonyl (C=O) groups excluding carboxylic acids is 1. The molecular formula is C18H17BrN4O2. The molecule has 1 unspecified atom stereocenters. The minimum absolute atomic E-state index is 0.0448. The zero-order valence-electron chi connectivity index (χ0n) is 13.7. The number of carbonyl (C=O) groups is 1. The van der Waals surface area contributed by atoms with Gasteiger partial charge >= 0.3 is 0 Å². The van der Waals surface area contributed by atoms with Gasteiger partial charge < -0.3 is 9.64 Å². The summed E-state index contributed by atoms with van der Waals surface area (Å²) in [5.41, 5.74) is 2.92. The van der Waals surface area contributed by atoms with Crippen LogP contribution in [0.3, 0.4) is 0 Å². The number of hydrogen-bond acceptors (Lipinski definition) is 4. The van der Waals surface area contributed by atoms with E-state index in [0.717, 1.165) is 10.0 Å². The lowest BCUT2D eigenvalue weighted by Gasteiger charge is -2.33. The lowest BCUT2D eigenvalue weighted by atomic mass is 10.1. The number of nitrogens with zero attached hydrogens (tertiary/aromatic N) is 4. The summed E-state index contributed by atoms with van der Waals surface area (Å²) in [5.74, 6) is -0.0448. The zero-order chi connectivity index (χ0) is 17.4. The van der Waals surface area contributed by atoms with E-state index in [9.17, 15) is 4.79 Å². The van der Waals surface area contributed by atoms with Crippen LogP contribution in [0, 0.1) is 6.92 Å². The molecule has 1 aliphatic rings. The van der Waals surface area contributed by atoms with Crippen molar-refractivity contribution < 1.29 is 9.53 Å². The van der Waals surface area contributed by atoms with Crippen LogP contribution in [0.5, 0.6) is 0 Å². The highest BCUT2D eigenvalue weighted by Gasteiger charge is 2.29. The molecule has 128 valence electrons. The van der Waals surface area contributed by atoms with E-state index in [4.69, 9.17) is 4.74 Å². The van der Waals surface area contributed by atoms with Crippen molar-refractivity contribution in [1.82, 2.24) is 19.5 Å². The summed E-state index contributed by atoms with van der Waals surface area (Å²) >= 11 is 3.44. The highest BCUT2D eigenvalue weighted by atomic mass is 79.9. The van der Waals surface area contributed by atoms with Gasteiger partial charge in [-0.2, -0.15) is 5.10 Å². The lowest BCUT2D eigenvalue weighted by Crippen LogP contribution is -2.42. The lowest BCUT2D eigenvalue weighted by molar-refractivity contribution is -0.0228. The average molecular weight is 401 g/mol. The fourth-order valence-electron chi connectivity index (χ4n) is 3.12. The molecule has 3 aromatic rings. The number of ether oxygens (including phenoxy) is 1. The molecule has 0 N–H and O–H groups in total. The molecule has 1 atom stereocenters. The molecule has 0 aliphatic carbocycles. The predicted octanol–water partition coefficient (Wildman–Crippen LogP) is 3.01. The maximum absolute atomic E-state index is 13.1. The van der Waals surface area contributed by atoms with Crippen LogP contribution < -0.4 is 0 Å². The van der Waals surface area contributed by atoms with E-state index in [2.05, 4.69) is 26.0 Å². The van der Waals surface area contributed by atoms with Gasteiger partial charge in [-0.05, 0) is 30.7 Å². The van der Waals surface area contributed by atoms with E-state index in [1.165, 1.54) is 0 Å². The molecule has 3 heterocycles. The van der Waals surface area contributed by atoms with Gasteiger partial charge in [0.05, 0.1) is 18.8 Å². The van der Waals surface area contributed by atoms with Gasteiger partial charge in [-0.25, -0.2) is 9.50 Å². The van der Waals surface area contributed by atoms with E-state index >= 15 is 0 Å². The standard InChI is InChI=1S/C18H17BrN4O2/c1-12-16(17-20-7-2-8-23(17)21-12)18(24)22-9-10-25-15(11-22)13-3-5-14(19)6-4-13/h2-8,15H,9-11H2,1H3. The van der Waals surface area contributed by atoms with Gasteiger partial charge in [0.2, 0.25) is 0 Å². The molecule has 1 aromatic carbocycles. The van der Waals surface area contributed by atoms with Crippen molar-refractivity contribution in [3.8, 4) is 0 Å². The van der Waals surface area contributed by atoms with Gasteiger partial charge in [0.1, 0.15) is 11.7 Å². The average Bonchev–Trinajstić information content (AvgIpc) is 2.97. The van der Waals surface area contributed by atoms with Crippen LogP contribution in [0.2, 0.25) is 0 Å². The topological polar surface area (TPSA) is 59.7 Å². The number of benzene rings is 1. The number of halogens is 1. The van der Waals surface area contributed by atoms with Crippen molar-refractivity contribution >= 4 is 27.5 Å². The van der Waals surface area contributed by atoms with Gasteiger partial charge in [-0.3, -0.25) is 4.79 Å². The Bertz CT molecular complexity index is 922. The molecule has 1 saturated heterocycles. The Labute approximate surface area is 153 Å². The minimum atomic E-state index is -0.124. The van der Waals surface area contributed by atoms with Crippen LogP contribution in [0.4, 0.5) is 0 Å². The third-order valence-electron chi connectivity index (χ3n) is 4.38. The summed E-state index contributed by atoms with van der Waals surface area (Å²) in [6, 6.07) is 9.80. The molecule has 2 aromatic heterocycles. The highest BCUT2D eigenvalue weighted by molar-refractivity contribution is 9.10. The van der Waals surface area contributed by atoms with Gasteiger partial charge in [0, 0.05) is 23.4 Å². The van der Waals surface area contributed by atoms with Crippen molar-refractivity contribution in [3.05, 3.63) is 64.0 Å². The number of rotatable bonds is 2. The first kappa shape index (κ1) is 16.2. The fourth-order valence-corrected chi connectivity index (χ4v) is 3.38. The fraction of sp³-hybridized carbons (Fsp3) is 0.278. The van der Waals surface area contributed by atoms with Crippen LogP contribution in [-0.2, 0) is 4.74 Å². The minimum Gasteiger partial charge on any atom is -0.370 e. The first-order valence-electron chi connectivity index (χ1n) is 8.10. The summed E-state index contributed by atoms with van der Waals surface area (Å²) in [7, 11) is 0. The van der Waals surface area contributed by atoms with E-state index < -0.39 is 0 Å². The third-order valence-corrected chi connectivity index (χ3v) is 4.91. The van der Waals surface area contributed by atoms with Gasteiger partial charge in [0.15, 0.2) is 5.65 Å². The smallest absolute Gasteiger partial charge is 0.259 e. The summed E-state index contributed by atoms with van der Waals surface area (Å²) in [5, 5.41) is 4.39. The number of amides is 1. The van der Waals surface area contributed by atoms with Crippen molar-refractivity contribution in [2.45, 2.75) is 13.0 Å². The Balaban J connectivity index is 1.61. The number of hydrogen-bond donors (Lipinski definition) is 0. The molecule has 0 radical (unpaired) electrons. The molecular weight excluding hydrogens is 384 g/mol.